The van der Waals surface area contributed by atoms with Crippen LogP contribution in [0.1, 0.15) is 45.9 Å². The van der Waals surface area contributed by atoms with Gasteiger partial charge in [0.05, 0.1) is 18.4 Å². The highest BCUT2D eigenvalue weighted by Gasteiger charge is 2.56. The topological polar surface area (TPSA) is 95.9 Å². The number of carboxylic acid groups (broad SMARTS) is 2. The maximum atomic E-state index is 13.1. The van der Waals surface area contributed by atoms with Gasteiger partial charge in [-0.1, -0.05) is 176 Å². The summed E-state index contributed by atoms with van der Waals surface area (Å²) in [4.78, 5) is 26.0. The lowest BCUT2D eigenvalue weighted by Crippen LogP contribution is -2.50. The van der Waals surface area contributed by atoms with Crippen molar-refractivity contribution in [2.45, 2.75) is 23.7 Å². The molecule has 10 rings (SSSR count). The molecule has 0 aliphatic heterocycles. The van der Waals surface area contributed by atoms with Crippen molar-refractivity contribution in [2.75, 3.05) is 18.5 Å². The molecule has 2 aliphatic rings. The van der Waals surface area contributed by atoms with E-state index >= 15 is 0 Å². The fourth-order valence-corrected chi connectivity index (χ4v) is 10.8. The third kappa shape index (κ3) is 7.15. The monoisotopic (exact) mass is 813 g/mol. The number of nitrogens with one attached hydrogen (secondary N) is 1. The number of hydrogen-bond acceptors (Lipinski definition) is 4. The maximum absolute atomic E-state index is 13.1. The van der Waals surface area contributed by atoms with Gasteiger partial charge in [-0.2, -0.15) is 0 Å². The Balaban J connectivity index is 0.955. The Labute approximate surface area is 361 Å². The second-order valence-corrected chi connectivity index (χ2v) is 16.9. The summed E-state index contributed by atoms with van der Waals surface area (Å²) in [5.74, 6) is -2.65. The van der Waals surface area contributed by atoms with Crippen molar-refractivity contribution >= 4 is 39.2 Å². The Bertz CT molecular complexity index is 2810. The predicted molar refractivity (Wildman–Crippen MR) is 247 cm³/mol. The summed E-state index contributed by atoms with van der Waals surface area (Å²) in [7, 11) is 0. The average Bonchev–Trinajstić information content (AvgIpc) is 3.29. The van der Waals surface area contributed by atoms with Crippen LogP contribution in [0.25, 0.3) is 32.7 Å². The van der Waals surface area contributed by atoms with Crippen LogP contribution in [0.2, 0.25) is 0 Å². The first kappa shape index (κ1) is 39.0. The highest BCUT2D eigenvalue weighted by atomic mass is 16.5. The molecule has 1 unspecified atom stereocenters. The van der Waals surface area contributed by atoms with Crippen LogP contribution in [0.5, 0.6) is 5.75 Å². The highest BCUT2D eigenvalue weighted by Crippen LogP contribution is 2.59. The zero-order valence-electron chi connectivity index (χ0n) is 34.1. The molecule has 62 heavy (non-hydrogen) atoms. The van der Waals surface area contributed by atoms with Crippen molar-refractivity contribution in [1.82, 2.24) is 0 Å². The second kappa shape index (κ2) is 16.7. The van der Waals surface area contributed by atoms with Crippen molar-refractivity contribution in [2.24, 2.45) is 23.7 Å². The summed E-state index contributed by atoms with van der Waals surface area (Å²) in [5, 5.41) is 29.4. The van der Waals surface area contributed by atoms with Crippen LogP contribution in [-0.2, 0) is 9.59 Å². The molecule has 0 saturated heterocycles. The normalized spacial score (nSPS) is 22.9. The molecule has 2 saturated carbocycles. The van der Waals surface area contributed by atoms with Crippen molar-refractivity contribution in [3.05, 3.63) is 216 Å². The van der Waals surface area contributed by atoms with Gasteiger partial charge in [0.15, 0.2) is 0 Å². The standard InChI is InChI=1S/C56H47NO5/c58-55(59)53-49(37-16-4-1-5-17-37)45(50(53)38-18-6-2-7-19-38)33-57-47-32-42(31-41-22-11-12-24-43(41)47)35-27-29-40(30-28-35)52-46(51(54(52)56(60)61)39-20-8-3-9-21-39)34-62-48-26-14-23-36-15-10-13-25-44(36)48/h1-32,45-46,49-54,57H,33-34H2,(H,58,59)(H,60,61)/t45?,46?,49-,50-,51-,52-,53?,54-/m1/s1. The first-order valence-electron chi connectivity index (χ1n) is 21.5. The van der Waals surface area contributed by atoms with Gasteiger partial charge < -0.3 is 20.3 Å². The number of ether oxygens (including phenoxy) is 1. The van der Waals surface area contributed by atoms with Crippen LogP contribution < -0.4 is 10.1 Å². The quantitative estimate of drug-likeness (QED) is 0.107. The molecule has 0 aromatic heterocycles. The van der Waals surface area contributed by atoms with Gasteiger partial charge in [0.2, 0.25) is 0 Å². The van der Waals surface area contributed by atoms with E-state index in [1.807, 2.05) is 103 Å². The molecule has 0 heterocycles. The Morgan fingerprint density at radius 2 is 0.919 bits per heavy atom. The lowest BCUT2D eigenvalue weighted by atomic mass is 9.52. The number of aliphatic carboxylic acids is 2. The minimum atomic E-state index is -0.801. The van der Waals surface area contributed by atoms with Crippen LogP contribution >= 0.6 is 0 Å². The number of carbonyl (C=O) groups is 2. The first-order valence-corrected chi connectivity index (χ1v) is 21.5. The first-order chi connectivity index (χ1) is 30.4. The Morgan fingerprint density at radius 3 is 1.48 bits per heavy atom. The molecule has 0 radical (unpaired) electrons. The van der Waals surface area contributed by atoms with E-state index in [-0.39, 0.29) is 35.5 Å². The summed E-state index contributed by atoms with van der Waals surface area (Å²) >= 11 is 0. The van der Waals surface area contributed by atoms with E-state index < -0.39 is 23.8 Å². The van der Waals surface area contributed by atoms with Crippen molar-refractivity contribution < 1.29 is 24.5 Å². The maximum Gasteiger partial charge on any atom is 0.307 e. The van der Waals surface area contributed by atoms with Gasteiger partial charge >= 0.3 is 11.9 Å². The number of hydrogen-bond donors (Lipinski definition) is 3. The van der Waals surface area contributed by atoms with Crippen LogP contribution in [0.15, 0.2) is 194 Å². The van der Waals surface area contributed by atoms with Crippen LogP contribution in [-0.4, -0.2) is 35.3 Å². The third-order valence-corrected chi connectivity index (χ3v) is 13.7. The van der Waals surface area contributed by atoms with Crippen molar-refractivity contribution in [3.8, 4) is 16.9 Å². The average molecular weight is 814 g/mol. The number of rotatable bonds is 13. The summed E-state index contributed by atoms with van der Waals surface area (Å²) in [6.07, 6.45) is 0. The summed E-state index contributed by atoms with van der Waals surface area (Å²) in [5.41, 5.74) is 7.14. The molecule has 2 aliphatic carbocycles. The number of fused-ring (bicyclic) bond motifs is 2. The van der Waals surface area contributed by atoms with E-state index in [1.165, 1.54) is 0 Å². The van der Waals surface area contributed by atoms with Gasteiger partial charge in [-0.3, -0.25) is 9.59 Å². The molecule has 2 fully saturated rings. The molecule has 6 heteroatoms. The van der Waals surface area contributed by atoms with Gasteiger partial charge in [-0.15, -0.1) is 0 Å². The summed E-state index contributed by atoms with van der Waals surface area (Å²) < 4.78 is 6.61. The Morgan fingerprint density at radius 1 is 0.452 bits per heavy atom. The van der Waals surface area contributed by atoms with Crippen LogP contribution in [0.4, 0.5) is 5.69 Å². The van der Waals surface area contributed by atoms with Crippen molar-refractivity contribution in [3.63, 3.8) is 0 Å². The van der Waals surface area contributed by atoms with E-state index in [4.69, 9.17) is 4.74 Å². The molecule has 3 N–H and O–H groups in total. The third-order valence-electron chi connectivity index (χ3n) is 13.7. The predicted octanol–water partition coefficient (Wildman–Crippen LogP) is 12.2. The SMILES string of the molecule is O=C(O)C1[C@H](c2ccccc2)C(CNc2cc(-c3ccc([C@@H]4C(COc5cccc6ccccc56)[C@@H](c5ccccc5)[C@H]4C(=O)O)cc3)cc3ccccc23)[C@H]1c1ccccc1. The lowest BCUT2D eigenvalue weighted by Gasteiger charge is -2.51. The van der Waals surface area contributed by atoms with Gasteiger partial charge in [0.25, 0.3) is 0 Å². The lowest BCUT2D eigenvalue weighted by molar-refractivity contribution is -0.151. The molecule has 8 aromatic rings. The molecular weight excluding hydrogens is 767 g/mol. The van der Waals surface area contributed by atoms with E-state index in [0.717, 1.165) is 66.4 Å². The molecule has 8 aromatic carbocycles. The minimum absolute atomic E-state index is 0.0458. The molecule has 306 valence electrons. The molecule has 6 atom stereocenters. The highest BCUT2D eigenvalue weighted by molar-refractivity contribution is 5.98. The van der Waals surface area contributed by atoms with E-state index in [1.54, 1.807) is 0 Å². The number of benzene rings is 8. The van der Waals surface area contributed by atoms with Crippen molar-refractivity contribution in [1.29, 1.82) is 0 Å². The molecule has 0 spiro atoms. The van der Waals surface area contributed by atoms with E-state index in [9.17, 15) is 19.8 Å². The fraction of sp³-hybridized carbons (Fsp3) is 0.179. The Hall–Kier alpha value is -7.18. The van der Waals surface area contributed by atoms with Gasteiger partial charge in [0, 0.05) is 52.6 Å². The number of anilines is 1. The van der Waals surface area contributed by atoms with Gasteiger partial charge in [0.1, 0.15) is 5.75 Å². The zero-order chi connectivity index (χ0) is 42.2. The smallest absolute Gasteiger partial charge is 0.307 e. The molecule has 0 amide bonds. The summed E-state index contributed by atoms with van der Waals surface area (Å²) in [6, 6.07) is 65.5. The Kier molecular flexibility index (Phi) is 10.5. The van der Waals surface area contributed by atoms with Gasteiger partial charge in [-0.25, -0.2) is 0 Å². The zero-order valence-corrected chi connectivity index (χ0v) is 34.1. The fourth-order valence-electron chi connectivity index (χ4n) is 10.8. The largest absolute Gasteiger partial charge is 0.493 e. The van der Waals surface area contributed by atoms with Gasteiger partial charge in [-0.05, 0) is 68.3 Å². The summed E-state index contributed by atoms with van der Waals surface area (Å²) in [6.45, 7) is 0.978. The minimum Gasteiger partial charge on any atom is -0.493 e. The van der Waals surface area contributed by atoms with E-state index in [0.29, 0.717) is 13.2 Å². The molecule has 0 bridgehead atoms. The van der Waals surface area contributed by atoms with E-state index in [2.05, 4.69) is 96.3 Å². The second-order valence-electron chi connectivity index (χ2n) is 16.9. The molecular formula is C56H47NO5. The number of carboxylic acids is 2. The molecule has 6 nitrogen and oxygen atoms in total. The van der Waals surface area contributed by atoms with Crippen LogP contribution in [0.3, 0.4) is 0 Å². The van der Waals surface area contributed by atoms with Crippen LogP contribution in [0, 0.1) is 23.7 Å².